The van der Waals surface area contributed by atoms with Gasteiger partial charge in [-0.3, -0.25) is 9.69 Å². The second-order valence-corrected chi connectivity index (χ2v) is 7.87. The molecule has 0 atom stereocenters. The van der Waals surface area contributed by atoms with Gasteiger partial charge in [-0.05, 0) is 30.3 Å². The van der Waals surface area contributed by atoms with Crippen LogP contribution in [0.5, 0.6) is 0 Å². The molecule has 0 radical (unpaired) electrons. The van der Waals surface area contributed by atoms with Gasteiger partial charge in [0.05, 0.1) is 17.0 Å². The Hall–Kier alpha value is -3.16. The molecule has 5 rings (SSSR count). The first-order valence-corrected chi connectivity index (χ1v) is 10.3. The lowest BCUT2D eigenvalue weighted by Crippen LogP contribution is -2.48. The molecule has 4 heterocycles. The van der Waals surface area contributed by atoms with Gasteiger partial charge >= 0.3 is 0 Å². The SMILES string of the molecule is O=C(c1cccc(-n2ccnc2)c1)N1CCN(Cc2cn3cc(Cl)ccc3n2)CC1. The first kappa shape index (κ1) is 18.8. The number of piperazine rings is 1. The molecule has 1 aliphatic heterocycles. The van der Waals surface area contributed by atoms with Gasteiger partial charge in [0.1, 0.15) is 5.65 Å². The summed E-state index contributed by atoms with van der Waals surface area (Å²) in [4.78, 5) is 26.0. The molecule has 152 valence electrons. The summed E-state index contributed by atoms with van der Waals surface area (Å²) in [5, 5.41) is 0.690. The van der Waals surface area contributed by atoms with Crippen LogP contribution in [0.4, 0.5) is 0 Å². The number of benzene rings is 1. The van der Waals surface area contributed by atoms with Gasteiger partial charge < -0.3 is 13.9 Å². The molecule has 30 heavy (non-hydrogen) atoms. The van der Waals surface area contributed by atoms with Crippen LogP contribution in [0.15, 0.2) is 67.5 Å². The van der Waals surface area contributed by atoms with Crippen molar-refractivity contribution in [2.45, 2.75) is 6.54 Å². The third-order valence-corrected chi connectivity index (χ3v) is 5.63. The van der Waals surface area contributed by atoms with Crippen LogP contribution in [-0.4, -0.2) is 60.8 Å². The number of pyridine rings is 1. The third-order valence-electron chi connectivity index (χ3n) is 5.41. The molecule has 7 nitrogen and oxygen atoms in total. The summed E-state index contributed by atoms with van der Waals surface area (Å²) in [6.45, 7) is 3.81. The molecule has 1 saturated heterocycles. The quantitative estimate of drug-likeness (QED) is 0.509. The highest BCUT2D eigenvalue weighted by Gasteiger charge is 2.23. The Kier molecular flexibility index (Phi) is 4.98. The molecule has 1 aliphatic rings. The van der Waals surface area contributed by atoms with Crippen molar-refractivity contribution in [1.29, 1.82) is 0 Å². The second-order valence-electron chi connectivity index (χ2n) is 7.43. The maximum atomic E-state index is 13.0. The minimum absolute atomic E-state index is 0.0685. The van der Waals surface area contributed by atoms with Crippen molar-refractivity contribution in [3.63, 3.8) is 0 Å². The molecular formula is C22H21ClN6O. The molecule has 0 saturated carbocycles. The first-order chi connectivity index (χ1) is 14.7. The molecule has 8 heteroatoms. The van der Waals surface area contributed by atoms with E-state index >= 15 is 0 Å². The standard InChI is InChI=1S/C22H21ClN6O/c23-18-4-5-21-25-19(15-29(21)13-18)14-26-8-10-27(11-9-26)22(30)17-2-1-3-20(12-17)28-7-6-24-16-28/h1-7,12-13,15-16H,8-11,14H2. The van der Waals surface area contributed by atoms with E-state index in [0.29, 0.717) is 23.7 Å². The van der Waals surface area contributed by atoms with Crippen LogP contribution < -0.4 is 0 Å². The number of rotatable bonds is 4. The fourth-order valence-corrected chi connectivity index (χ4v) is 3.99. The summed E-state index contributed by atoms with van der Waals surface area (Å²) >= 11 is 6.05. The van der Waals surface area contributed by atoms with Crippen molar-refractivity contribution in [2.75, 3.05) is 26.2 Å². The minimum Gasteiger partial charge on any atom is -0.336 e. The maximum absolute atomic E-state index is 13.0. The lowest BCUT2D eigenvalue weighted by atomic mass is 10.1. The van der Waals surface area contributed by atoms with Crippen LogP contribution in [0.1, 0.15) is 16.1 Å². The van der Waals surface area contributed by atoms with Gasteiger partial charge in [0.25, 0.3) is 5.91 Å². The largest absolute Gasteiger partial charge is 0.336 e. The third kappa shape index (κ3) is 3.81. The molecule has 0 spiro atoms. The van der Waals surface area contributed by atoms with Crippen molar-refractivity contribution in [3.8, 4) is 5.69 Å². The van der Waals surface area contributed by atoms with Gasteiger partial charge in [0.2, 0.25) is 0 Å². The Bertz CT molecular complexity index is 1180. The van der Waals surface area contributed by atoms with Gasteiger partial charge in [-0.2, -0.15) is 0 Å². The van der Waals surface area contributed by atoms with Crippen LogP contribution in [0.2, 0.25) is 5.02 Å². The van der Waals surface area contributed by atoms with E-state index in [2.05, 4.69) is 14.9 Å². The summed E-state index contributed by atoms with van der Waals surface area (Å²) in [6, 6.07) is 11.4. The summed E-state index contributed by atoms with van der Waals surface area (Å²) in [6.07, 6.45) is 9.21. The molecule has 0 unspecified atom stereocenters. The highest BCUT2D eigenvalue weighted by atomic mass is 35.5. The second kappa shape index (κ2) is 7.93. The highest BCUT2D eigenvalue weighted by molar-refractivity contribution is 6.30. The van der Waals surface area contributed by atoms with Crippen LogP contribution >= 0.6 is 11.6 Å². The molecule has 3 aromatic heterocycles. The number of halogens is 1. The highest BCUT2D eigenvalue weighted by Crippen LogP contribution is 2.16. The Balaban J connectivity index is 1.22. The van der Waals surface area contributed by atoms with Gasteiger partial charge in [0, 0.05) is 68.8 Å². The zero-order valence-corrected chi connectivity index (χ0v) is 17.1. The van der Waals surface area contributed by atoms with Crippen LogP contribution in [0.3, 0.4) is 0 Å². The number of carbonyl (C=O) groups excluding carboxylic acids is 1. The number of amides is 1. The number of imidazole rings is 2. The number of hydrogen-bond acceptors (Lipinski definition) is 4. The predicted molar refractivity (Wildman–Crippen MR) is 115 cm³/mol. The Morgan fingerprint density at radius 1 is 1.07 bits per heavy atom. The first-order valence-electron chi connectivity index (χ1n) is 9.89. The summed E-state index contributed by atoms with van der Waals surface area (Å²) in [7, 11) is 0. The van der Waals surface area contributed by atoms with Crippen LogP contribution in [0, 0.1) is 0 Å². The van der Waals surface area contributed by atoms with E-state index in [1.165, 1.54) is 0 Å². The van der Waals surface area contributed by atoms with E-state index in [1.54, 1.807) is 12.5 Å². The topological polar surface area (TPSA) is 58.7 Å². The summed E-state index contributed by atoms with van der Waals surface area (Å²) in [5.74, 6) is 0.0685. The zero-order valence-electron chi connectivity index (χ0n) is 16.4. The van der Waals surface area contributed by atoms with E-state index < -0.39 is 0 Å². The predicted octanol–water partition coefficient (Wildman–Crippen LogP) is 3.13. The Labute approximate surface area is 179 Å². The monoisotopic (exact) mass is 420 g/mol. The van der Waals surface area contributed by atoms with Gasteiger partial charge in [0.15, 0.2) is 0 Å². The van der Waals surface area contributed by atoms with E-state index in [1.807, 2.05) is 68.9 Å². The molecule has 4 aromatic rings. The lowest BCUT2D eigenvalue weighted by Gasteiger charge is -2.34. The smallest absolute Gasteiger partial charge is 0.254 e. The molecule has 1 aromatic carbocycles. The zero-order chi connectivity index (χ0) is 20.5. The van der Waals surface area contributed by atoms with Crippen LogP contribution in [0.25, 0.3) is 11.3 Å². The Morgan fingerprint density at radius 2 is 1.93 bits per heavy atom. The molecule has 1 fully saturated rings. The van der Waals surface area contributed by atoms with Crippen molar-refractivity contribution < 1.29 is 4.79 Å². The van der Waals surface area contributed by atoms with E-state index in [0.717, 1.165) is 36.7 Å². The van der Waals surface area contributed by atoms with Gasteiger partial charge in [-0.15, -0.1) is 0 Å². The van der Waals surface area contributed by atoms with Crippen molar-refractivity contribution >= 4 is 23.2 Å². The number of aromatic nitrogens is 4. The average molecular weight is 421 g/mol. The fourth-order valence-electron chi connectivity index (χ4n) is 3.83. The van der Waals surface area contributed by atoms with E-state index in [-0.39, 0.29) is 5.91 Å². The summed E-state index contributed by atoms with van der Waals surface area (Å²) < 4.78 is 3.85. The minimum atomic E-state index is 0.0685. The van der Waals surface area contributed by atoms with E-state index in [4.69, 9.17) is 11.6 Å². The Morgan fingerprint density at radius 3 is 2.73 bits per heavy atom. The van der Waals surface area contributed by atoms with Crippen molar-refractivity contribution in [3.05, 3.63) is 83.8 Å². The molecule has 0 aliphatic carbocycles. The van der Waals surface area contributed by atoms with Crippen molar-refractivity contribution in [2.24, 2.45) is 0 Å². The van der Waals surface area contributed by atoms with Crippen molar-refractivity contribution in [1.82, 2.24) is 28.7 Å². The van der Waals surface area contributed by atoms with Gasteiger partial charge in [-0.25, -0.2) is 9.97 Å². The van der Waals surface area contributed by atoms with Crippen LogP contribution in [-0.2, 0) is 6.54 Å². The maximum Gasteiger partial charge on any atom is 0.254 e. The average Bonchev–Trinajstić information content (AvgIpc) is 3.43. The molecule has 1 amide bonds. The molecule has 0 N–H and O–H groups in total. The molecule has 0 bridgehead atoms. The lowest BCUT2D eigenvalue weighted by molar-refractivity contribution is 0.0627. The molecular weight excluding hydrogens is 400 g/mol. The summed E-state index contributed by atoms with van der Waals surface area (Å²) in [5.41, 5.74) is 3.53. The van der Waals surface area contributed by atoms with E-state index in [9.17, 15) is 4.79 Å². The number of nitrogens with zero attached hydrogens (tertiary/aromatic N) is 6. The fraction of sp³-hybridized carbons (Fsp3) is 0.227. The number of hydrogen-bond donors (Lipinski definition) is 0. The number of carbonyl (C=O) groups is 1. The normalized spacial score (nSPS) is 15.0. The van der Waals surface area contributed by atoms with Gasteiger partial charge in [-0.1, -0.05) is 17.7 Å². The number of fused-ring (bicyclic) bond motifs is 1.